The second-order valence-electron chi connectivity index (χ2n) is 5.96. The van der Waals surface area contributed by atoms with Crippen LogP contribution in [0.2, 0.25) is 5.02 Å². The van der Waals surface area contributed by atoms with Gasteiger partial charge in [0.2, 0.25) is 0 Å². The molecule has 1 heterocycles. The number of phenols is 1. The van der Waals surface area contributed by atoms with Crippen molar-refractivity contribution < 1.29 is 36.6 Å². The topological polar surface area (TPSA) is 71.2 Å². The second-order valence-corrected chi connectivity index (χ2v) is 6.40. The monoisotopic (exact) mass is 437 g/mol. The number of phenolic OH excluding ortho intramolecular Hbond substituents is 1. The van der Waals surface area contributed by atoms with Crippen LogP contribution >= 0.6 is 11.6 Å². The summed E-state index contributed by atoms with van der Waals surface area (Å²) in [5, 5.41) is 27.6. The Labute approximate surface area is 163 Å². The molecule has 1 atom stereocenters. The molecule has 0 radical (unpaired) electrons. The first-order valence-electron chi connectivity index (χ1n) is 7.75. The van der Waals surface area contributed by atoms with E-state index in [9.17, 15) is 36.6 Å². The molecule has 2 N–H and O–H groups in total. The summed E-state index contributed by atoms with van der Waals surface area (Å²) < 4.78 is 78.9. The summed E-state index contributed by atoms with van der Waals surface area (Å²) in [6, 6.07) is 4.68. The smallest absolute Gasteiger partial charge is 0.416 e. The van der Waals surface area contributed by atoms with Gasteiger partial charge in [0, 0.05) is 5.02 Å². The van der Waals surface area contributed by atoms with Gasteiger partial charge in [0.25, 0.3) is 0 Å². The van der Waals surface area contributed by atoms with Crippen LogP contribution in [-0.4, -0.2) is 25.2 Å². The summed E-state index contributed by atoms with van der Waals surface area (Å²) in [5.74, 6) is -0.265. The molecule has 0 spiro atoms. The summed E-state index contributed by atoms with van der Waals surface area (Å²) in [7, 11) is 0. The van der Waals surface area contributed by atoms with E-state index in [1.54, 1.807) is 0 Å². The maximum Gasteiger partial charge on any atom is 0.416 e. The third-order valence-electron chi connectivity index (χ3n) is 3.90. The van der Waals surface area contributed by atoms with Gasteiger partial charge in [0.15, 0.2) is 0 Å². The van der Waals surface area contributed by atoms with Crippen LogP contribution in [0.5, 0.6) is 5.75 Å². The largest absolute Gasteiger partial charge is 0.506 e. The normalized spacial score (nSPS) is 13.5. The van der Waals surface area contributed by atoms with Gasteiger partial charge in [0.05, 0.1) is 17.3 Å². The number of aromatic hydroxyl groups is 1. The van der Waals surface area contributed by atoms with Gasteiger partial charge in [0.1, 0.15) is 23.2 Å². The third-order valence-corrected chi connectivity index (χ3v) is 4.14. The second kappa shape index (κ2) is 7.23. The van der Waals surface area contributed by atoms with Crippen LogP contribution in [0.15, 0.2) is 42.6 Å². The van der Waals surface area contributed by atoms with Crippen molar-refractivity contribution >= 4 is 11.6 Å². The highest BCUT2D eigenvalue weighted by molar-refractivity contribution is 6.30. The van der Waals surface area contributed by atoms with Crippen LogP contribution in [-0.2, 0) is 12.4 Å². The van der Waals surface area contributed by atoms with Crippen LogP contribution < -0.4 is 0 Å². The van der Waals surface area contributed by atoms with Crippen LogP contribution in [0.1, 0.15) is 28.5 Å². The van der Waals surface area contributed by atoms with Gasteiger partial charge in [-0.2, -0.15) is 26.3 Å². The maximum atomic E-state index is 13.0. The van der Waals surface area contributed by atoms with Gasteiger partial charge in [-0.1, -0.05) is 16.8 Å². The zero-order valence-electron chi connectivity index (χ0n) is 14.0. The Balaban J connectivity index is 2.04. The van der Waals surface area contributed by atoms with Crippen molar-refractivity contribution in [1.29, 1.82) is 0 Å². The van der Waals surface area contributed by atoms with Crippen molar-refractivity contribution in [3.05, 3.63) is 70.0 Å². The van der Waals surface area contributed by atoms with E-state index in [2.05, 4.69) is 10.3 Å². The van der Waals surface area contributed by atoms with Crippen LogP contribution in [0.4, 0.5) is 26.3 Å². The van der Waals surface area contributed by atoms with Crippen LogP contribution in [0.3, 0.4) is 0 Å². The molecule has 0 saturated carbocycles. The fourth-order valence-corrected chi connectivity index (χ4v) is 2.67. The van der Waals surface area contributed by atoms with E-state index in [0.717, 1.165) is 10.9 Å². The zero-order valence-corrected chi connectivity index (χ0v) is 14.8. The number of aliphatic hydroxyl groups is 1. The minimum absolute atomic E-state index is 0.0446. The minimum atomic E-state index is -5.06. The summed E-state index contributed by atoms with van der Waals surface area (Å²) >= 11 is 5.82. The summed E-state index contributed by atoms with van der Waals surface area (Å²) in [4.78, 5) is 0. The van der Waals surface area contributed by atoms with Crippen LogP contribution in [0.25, 0.3) is 5.69 Å². The molecule has 0 aliphatic rings. The van der Waals surface area contributed by atoms with Crippen molar-refractivity contribution in [3.63, 3.8) is 0 Å². The zero-order chi connectivity index (χ0) is 21.6. The maximum absolute atomic E-state index is 13.0. The highest BCUT2D eigenvalue weighted by Crippen LogP contribution is 2.38. The van der Waals surface area contributed by atoms with E-state index in [-0.39, 0.29) is 28.2 Å². The minimum Gasteiger partial charge on any atom is -0.506 e. The molecule has 5 nitrogen and oxygen atoms in total. The first-order chi connectivity index (χ1) is 13.4. The SMILES string of the molecule is Oc1ccc(Cl)cc1-n1cc(C(O)c2cc(C(F)(F)F)cc(C(F)(F)F)c2)nn1. The summed E-state index contributed by atoms with van der Waals surface area (Å²) in [6.07, 6.45) is -11.0. The predicted octanol–water partition coefficient (Wildman–Crippen LogP) is 4.75. The molecular weight excluding hydrogens is 428 g/mol. The molecule has 3 aromatic rings. The molecule has 0 amide bonds. The number of benzene rings is 2. The summed E-state index contributed by atoms with van der Waals surface area (Å²) in [6.45, 7) is 0. The quantitative estimate of drug-likeness (QED) is 0.580. The highest BCUT2D eigenvalue weighted by Gasteiger charge is 2.37. The molecule has 12 heteroatoms. The van der Waals surface area contributed by atoms with Crippen molar-refractivity contribution in [2.75, 3.05) is 0 Å². The third kappa shape index (κ3) is 4.46. The molecule has 2 aromatic carbocycles. The van der Waals surface area contributed by atoms with Gasteiger partial charge in [-0.05, 0) is 42.0 Å². The van der Waals surface area contributed by atoms with E-state index in [1.165, 1.54) is 18.2 Å². The first-order valence-corrected chi connectivity index (χ1v) is 8.12. The molecule has 0 aliphatic heterocycles. The van der Waals surface area contributed by atoms with E-state index in [4.69, 9.17) is 11.6 Å². The molecular formula is C17H10ClF6N3O2. The lowest BCUT2D eigenvalue weighted by atomic mass is 10.00. The van der Waals surface area contributed by atoms with Crippen molar-refractivity contribution in [1.82, 2.24) is 15.0 Å². The standard InChI is InChI=1S/C17H10ClF6N3O2/c18-11-1-2-14(28)13(6-11)27-7-12(25-26-27)15(29)8-3-9(16(19,20)21)5-10(4-8)17(22,23)24/h1-7,15,28-29H. The van der Waals surface area contributed by atoms with E-state index >= 15 is 0 Å². The van der Waals surface area contributed by atoms with Crippen molar-refractivity contribution in [2.24, 2.45) is 0 Å². The number of halogens is 7. The Hall–Kier alpha value is -2.79. The number of aromatic nitrogens is 3. The lowest BCUT2D eigenvalue weighted by Crippen LogP contribution is -2.13. The molecule has 0 bridgehead atoms. The molecule has 3 rings (SSSR count). The Morgan fingerprint density at radius 3 is 2.07 bits per heavy atom. The first kappa shape index (κ1) is 20.9. The fourth-order valence-electron chi connectivity index (χ4n) is 2.51. The number of nitrogens with zero attached hydrogens (tertiary/aromatic N) is 3. The average Bonchev–Trinajstić information content (AvgIpc) is 3.11. The van der Waals surface area contributed by atoms with Gasteiger partial charge in [-0.3, -0.25) is 0 Å². The molecule has 29 heavy (non-hydrogen) atoms. The molecule has 1 unspecified atom stereocenters. The van der Waals surface area contributed by atoms with Gasteiger partial charge < -0.3 is 10.2 Å². The van der Waals surface area contributed by atoms with Gasteiger partial charge in [-0.15, -0.1) is 5.10 Å². The van der Waals surface area contributed by atoms with E-state index in [0.29, 0.717) is 12.1 Å². The molecule has 0 aliphatic carbocycles. The highest BCUT2D eigenvalue weighted by atomic mass is 35.5. The van der Waals surface area contributed by atoms with E-state index < -0.39 is 35.1 Å². The fraction of sp³-hybridized carbons (Fsp3) is 0.176. The Kier molecular flexibility index (Phi) is 5.22. The number of alkyl halides is 6. The number of aliphatic hydroxyl groups excluding tert-OH is 1. The number of hydrogen-bond acceptors (Lipinski definition) is 4. The van der Waals surface area contributed by atoms with Crippen molar-refractivity contribution in [3.8, 4) is 11.4 Å². The van der Waals surface area contributed by atoms with Crippen molar-refractivity contribution in [2.45, 2.75) is 18.5 Å². The van der Waals surface area contributed by atoms with Gasteiger partial charge >= 0.3 is 12.4 Å². The number of hydrogen-bond donors (Lipinski definition) is 2. The molecule has 0 fully saturated rings. The lowest BCUT2D eigenvalue weighted by Gasteiger charge is -2.16. The average molecular weight is 438 g/mol. The van der Waals surface area contributed by atoms with Gasteiger partial charge in [-0.25, -0.2) is 4.68 Å². The van der Waals surface area contributed by atoms with E-state index in [1.807, 2.05) is 0 Å². The lowest BCUT2D eigenvalue weighted by molar-refractivity contribution is -0.143. The molecule has 0 saturated heterocycles. The summed E-state index contributed by atoms with van der Waals surface area (Å²) in [5.41, 5.74) is -4.10. The number of rotatable bonds is 3. The Morgan fingerprint density at radius 1 is 0.931 bits per heavy atom. The Bertz CT molecular complexity index is 1020. The van der Waals surface area contributed by atoms with Crippen LogP contribution in [0, 0.1) is 0 Å². The molecule has 154 valence electrons. The molecule has 1 aromatic heterocycles. The predicted molar refractivity (Wildman–Crippen MR) is 88.5 cm³/mol. The Morgan fingerprint density at radius 2 is 1.52 bits per heavy atom.